The van der Waals surface area contributed by atoms with E-state index in [9.17, 15) is 21.6 Å². The number of hydrogen-bond acceptors (Lipinski definition) is 6. The van der Waals surface area contributed by atoms with E-state index >= 15 is 0 Å². The van der Waals surface area contributed by atoms with E-state index in [1.807, 2.05) is 0 Å². The summed E-state index contributed by atoms with van der Waals surface area (Å²) in [4.78, 5) is 13.1. The molecule has 0 aromatic heterocycles. The number of hydrogen-bond donors (Lipinski definition) is 2. The van der Waals surface area contributed by atoms with Crippen LogP contribution in [0.3, 0.4) is 0 Å². The number of rotatable bonds is 8. The van der Waals surface area contributed by atoms with Gasteiger partial charge in [0.05, 0.1) is 33.3 Å². The molecular weight excluding hydrogens is 538 g/mol. The van der Waals surface area contributed by atoms with Crippen molar-refractivity contribution in [1.29, 1.82) is 0 Å². The van der Waals surface area contributed by atoms with Gasteiger partial charge in [0.25, 0.3) is 15.9 Å². The molecule has 0 spiro atoms. The maximum absolute atomic E-state index is 13.1. The smallest absolute Gasteiger partial charge is 0.261 e. The second kappa shape index (κ2) is 11.1. The van der Waals surface area contributed by atoms with Gasteiger partial charge in [0.15, 0.2) is 0 Å². The Balaban J connectivity index is 1.55. The lowest BCUT2D eigenvalue weighted by Crippen LogP contribution is -2.35. The van der Waals surface area contributed by atoms with E-state index in [0.29, 0.717) is 13.1 Å². The molecule has 0 unspecified atom stereocenters. The van der Waals surface area contributed by atoms with Crippen molar-refractivity contribution < 1.29 is 26.4 Å². The molecule has 196 valence electrons. The summed E-state index contributed by atoms with van der Waals surface area (Å²) in [6.07, 6.45) is 2.60. The van der Waals surface area contributed by atoms with Gasteiger partial charge in [0, 0.05) is 18.7 Å². The molecule has 1 aliphatic rings. The number of nitrogens with one attached hydrogen (secondary N) is 2. The first-order valence-corrected chi connectivity index (χ1v) is 14.8. The number of ether oxygens (including phenoxy) is 1. The van der Waals surface area contributed by atoms with Gasteiger partial charge in [-0.15, -0.1) is 0 Å². The van der Waals surface area contributed by atoms with Crippen molar-refractivity contribution in [2.45, 2.75) is 29.1 Å². The highest BCUT2D eigenvalue weighted by atomic mass is 35.5. The highest BCUT2D eigenvalue weighted by Gasteiger charge is 2.27. The van der Waals surface area contributed by atoms with Crippen LogP contribution in [0.1, 0.15) is 29.6 Å². The first-order valence-electron chi connectivity index (χ1n) is 11.5. The first kappa shape index (κ1) is 26.9. The number of benzene rings is 3. The summed E-state index contributed by atoms with van der Waals surface area (Å²) in [5.41, 5.74) is 0.420. The lowest BCUT2D eigenvalue weighted by Gasteiger charge is -2.26. The van der Waals surface area contributed by atoms with E-state index < -0.39 is 26.0 Å². The van der Waals surface area contributed by atoms with Crippen molar-refractivity contribution in [2.75, 3.05) is 30.2 Å². The number of sulfonamides is 2. The minimum atomic E-state index is -3.87. The van der Waals surface area contributed by atoms with Gasteiger partial charge in [-0.1, -0.05) is 36.2 Å². The monoisotopic (exact) mass is 563 g/mol. The van der Waals surface area contributed by atoms with Crippen LogP contribution in [0.2, 0.25) is 5.02 Å². The van der Waals surface area contributed by atoms with Crippen LogP contribution in [0.5, 0.6) is 5.75 Å². The molecule has 3 aromatic rings. The Kier molecular flexibility index (Phi) is 8.08. The van der Waals surface area contributed by atoms with Crippen LogP contribution in [-0.4, -0.2) is 47.2 Å². The average Bonchev–Trinajstić information content (AvgIpc) is 2.90. The zero-order valence-corrected chi connectivity index (χ0v) is 22.4. The number of carbonyl (C=O) groups excluding carboxylic acids is 1. The Labute approximate surface area is 221 Å². The highest BCUT2D eigenvalue weighted by molar-refractivity contribution is 7.92. The van der Waals surface area contributed by atoms with Crippen molar-refractivity contribution in [3.63, 3.8) is 0 Å². The van der Waals surface area contributed by atoms with Crippen molar-refractivity contribution in [3.05, 3.63) is 77.3 Å². The first-order chi connectivity index (χ1) is 17.6. The molecule has 1 fully saturated rings. The Morgan fingerprint density at radius 3 is 2.22 bits per heavy atom. The Morgan fingerprint density at radius 2 is 1.57 bits per heavy atom. The molecule has 0 saturated carbocycles. The van der Waals surface area contributed by atoms with Gasteiger partial charge in [-0.3, -0.25) is 9.52 Å². The molecule has 0 atom stereocenters. The Hall–Kier alpha value is -3.12. The standard InChI is InChI=1S/C25H26ClN3O6S2/c1-35-24-13-11-20(37(33,34)29-14-6-3-7-15-29)17-23(24)27-25(30)18-10-12-22(21(26)16-18)28-36(31,32)19-8-4-2-5-9-19/h2,4-5,8-13,16-17,28H,3,6-7,14-15H2,1H3,(H,27,30). The maximum Gasteiger partial charge on any atom is 0.261 e. The molecule has 1 saturated heterocycles. The molecule has 1 aliphatic heterocycles. The van der Waals surface area contributed by atoms with E-state index in [0.717, 1.165) is 19.3 Å². The number of amides is 1. The summed E-state index contributed by atoms with van der Waals surface area (Å²) in [7, 11) is -6.18. The SMILES string of the molecule is COc1ccc(S(=O)(=O)N2CCCCC2)cc1NC(=O)c1ccc(NS(=O)(=O)c2ccccc2)c(Cl)c1. The van der Waals surface area contributed by atoms with Crippen LogP contribution in [-0.2, 0) is 20.0 Å². The number of halogens is 1. The fourth-order valence-corrected chi connectivity index (χ4v) is 6.86. The molecule has 12 heteroatoms. The summed E-state index contributed by atoms with van der Waals surface area (Å²) in [6.45, 7) is 0.907. The van der Waals surface area contributed by atoms with Crippen LogP contribution < -0.4 is 14.8 Å². The van der Waals surface area contributed by atoms with Crippen LogP contribution in [0.15, 0.2) is 76.5 Å². The third-order valence-electron chi connectivity index (χ3n) is 5.90. The van der Waals surface area contributed by atoms with Crippen molar-refractivity contribution in [3.8, 4) is 5.75 Å². The zero-order valence-electron chi connectivity index (χ0n) is 20.0. The number of methoxy groups -OCH3 is 1. The number of nitrogens with zero attached hydrogens (tertiary/aromatic N) is 1. The van der Waals surface area contributed by atoms with E-state index in [1.54, 1.807) is 18.2 Å². The topological polar surface area (TPSA) is 122 Å². The molecule has 3 aromatic carbocycles. The molecular formula is C25H26ClN3O6S2. The van der Waals surface area contributed by atoms with Gasteiger partial charge in [-0.05, 0) is 61.4 Å². The molecule has 2 N–H and O–H groups in total. The van der Waals surface area contributed by atoms with Gasteiger partial charge in [-0.2, -0.15) is 4.31 Å². The number of anilines is 2. The van der Waals surface area contributed by atoms with E-state index in [1.165, 1.54) is 59.9 Å². The second-order valence-corrected chi connectivity index (χ2v) is 12.4. The lowest BCUT2D eigenvalue weighted by molar-refractivity contribution is 0.102. The second-order valence-electron chi connectivity index (χ2n) is 8.39. The summed E-state index contributed by atoms with van der Waals surface area (Å²) < 4.78 is 60.5. The van der Waals surface area contributed by atoms with Crippen LogP contribution >= 0.6 is 11.6 Å². The normalized spacial score (nSPS) is 14.6. The molecule has 37 heavy (non-hydrogen) atoms. The number of piperidine rings is 1. The van der Waals surface area contributed by atoms with Crippen molar-refractivity contribution in [1.82, 2.24) is 4.31 Å². The minimum absolute atomic E-state index is 0.0144. The molecule has 0 radical (unpaired) electrons. The summed E-state index contributed by atoms with van der Waals surface area (Å²) in [6, 6.07) is 16.2. The van der Waals surface area contributed by atoms with Gasteiger partial charge in [0.1, 0.15) is 5.75 Å². The van der Waals surface area contributed by atoms with Gasteiger partial charge in [0.2, 0.25) is 10.0 Å². The quantitative estimate of drug-likeness (QED) is 0.414. The third-order valence-corrected chi connectivity index (χ3v) is 9.49. The van der Waals surface area contributed by atoms with Gasteiger partial charge < -0.3 is 10.1 Å². The van der Waals surface area contributed by atoms with Gasteiger partial charge in [-0.25, -0.2) is 16.8 Å². The molecule has 0 aliphatic carbocycles. The maximum atomic E-state index is 13.1. The van der Waals surface area contributed by atoms with Crippen LogP contribution in [0, 0.1) is 0 Å². The molecule has 0 bridgehead atoms. The average molecular weight is 564 g/mol. The fourth-order valence-electron chi connectivity index (χ4n) is 3.94. The summed E-state index contributed by atoms with van der Waals surface area (Å²) >= 11 is 6.28. The van der Waals surface area contributed by atoms with E-state index in [4.69, 9.17) is 16.3 Å². The molecule has 9 nitrogen and oxygen atoms in total. The Bertz CT molecular complexity index is 1510. The van der Waals surface area contributed by atoms with Crippen molar-refractivity contribution in [2.24, 2.45) is 0 Å². The zero-order chi connectivity index (χ0) is 26.6. The molecule has 4 rings (SSSR count). The fraction of sp³-hybridized carbons (Fsp3) is 0.240. The largest absolute Gasteiger partial charge is 0.495 e. The summed E-state index contributed by atoms with van der Waals surface area (Å²) in [5, 5.41) is 2.68. The predicted molar refractivity (Wildman–Crippen MR) is 142 cm³/mol. The van der Waals surface area contributed by atoms with Gasteiger partial charge >= 0.3 is 0 Å². The van der Waals surface area contributed by atoms with E-state index in [-0.39, 0.29) is 37.5 Å². The predicted octanol–water partition coefficient (Wildman–Crippen LogP) is 4.58. The van der Waals surface area contributed by atoms with Crippen LogP contribution in [0.25, 0.3) is 0 Å². The summed E-state index contributed by atoms with van der Waals surface area (Å²) in [5.74, 6) is -0.297. The third kappa shape index (κ3) is 6.07. The number of carbonyl (C=O) groups is 1. The molecule has 1 heterocycles. The highest BCUT2D eigenvalue weighted by Crippen LogP contribution is 2.31. The minimum Gasteiger partial charge on any atom is -0.495 e. The van der Waals surface area contributed by atoms with Crippen LogP contribution in [0.4, 0.5) is 11.4 Å². The molecule has 1 amide bonds. The van der Waals surface area contributed by atoms with E-state index in [2.05, 4.69) is 10.0 Å². The van der Waals surface area contributed by atoms with Crippen molar-refractivity contribution >= 4 is 48.9 Å². The Morgan fingerprint density at radius 1 is 0.865 bits per heavy atom. The lowest BCUT2D eigenvalue weighted by atomic mass is 10.2.